The lowest BCUT2D eigenvalue weighted by Crippen LogP contribution is -2.37. The van der Waals surface area contributed by atoms with Gasteiger partial charge < -0.3 is 10.6 Å². The topological polar surface area (TPSA) is 36.4 Å². The summed E-state index contributed by atoms with van der Waals surface area (Å²) in [5.74, 6) is 0.277. The van der Waals surface area contributed by atoms with E-state index < -0.39 is 5.82 Å². The molecule has 0 amide bonds. The molecule has 106 valence electrons. The second-order valence-corrected chi connectivity index (χ2v) is 4.02. The Morgan fingerprint density at radius 1 is 1.47 bits per heavy atom. The summed E-state index contributed by atoms with van der Waals surface area (Å²) in [7, 11) is 0. The van der Waals surface area contributed by atoms with Crippen molar-refractivity contribution in [1.29, 1.82) is 0 Å². The molecule has 0 aliphatic carbocycles. The summed E-state index contributed by atoms with van der Waals surface area (Å²) in [5.41, 5.74) is 0.859. The van der Waals surface area contributed by atoms with Crippen molar-refractivity contribution < 1.29 is 4.39 Å². The minimum Gasteiger partial charge on any atom is -0.357 e. The molecule has 0 radical (unpaired) electrons. The van der Waals surface area contributed by atoms with Crippen LogP contribution in [0.5, 0.6) is 0 Å². The first-order valence-electron chi connectivity index (χ1n) is 5.74. The van der Waals surface area contributed by atoms with Crippen molar-refractivity contribution in [2.24, 2.45) is 4.99 Å². The van der Waals surface area contributed by atoms with E-state index in [2.05, 4.69) is 22.2 Å². The highest BCUT2D eigenvalue weighted by atomic mass is 127. The van der Waals surface area contributed by atoms with Crippen molar-refractivity contribution in [3.63, 3.8) is 0 Å². The number of rotatable bonds is 5. The summed E-state index contributed by atoms with van der Waals surface area (Å²) in [6.45, 7) is 7.46. The zero-order valence-corrected chi connectivity index (χ0v) is 13.8. The molecule has 0 saturated heterocycles. The van der Waals surface area contributed by atoms with E-state index in [0.29, 0.717) is 19.0 Å². The molecule has 0 aliphatic rings. The number of hydrogen-bond donors (Lipinski definition) is 2. The number of benzene rings is 1. The smallest absolute Gasteiger partial charge is 0.191 e. The first kappa shape index (κ1) is 18.2. The van der Waals surface area contributed by atoms with Crippen molar-refractivity contribution in [2.45, 2.75) is 13.5 Å². The predicted molar refractivity (Wildman–Crippen MR) is 89.8 cm³/mol. The third kappa shape index (κ3) is 6.77. The summed E-state index contributed by atoms with van der Waals surface area (Å²) in [6.07, 6.45) is 1.75. The number of nitrogens with zero attached hydrogens (tertiary/aromatic N) is 1. The Morgan fingerprint density at radius 2 is 2.21 bits per heavy atom. The van der Waals surface area contributed by atoms with Crippen molar-refractivity contribution in [2.75, 3.05) is 13.1 Å². The van der Waals surface area contributed by atoms with Crippen LogP contribution in [0.4, 0.5) is 4.39 Å². The van der Waals surface area contributed by atoms with Crippen molar-refractivity contribution in [1.82, 2.24) is 10.6 Å². The Bertz CT molecular complexity index is 438. The van der Waals surface area contributed by atoms with Gasteiger partial charge in [-0.1, -0.05) is 23.7 Å². The fourth-order valence-corrected chi connectivity index (χ4v) is 1.52. The van der Waals surface area contributed by atoms with Crippen LogP contribution in [-0.4, -0.2) is 19.0 Å². The molecule has 0 fully saturated rings. The molecule has 0 heterocycles. The molecule has 1 aromatic carbocycles. The van der Waals surface area contributed by atoms with Crippen LogP contribution < -0.4 is 10.6 Å². The van der Waals surface area contributed by atoms with Crippen LogP contribution in [0.1, 0.15) is 12.5 Å². The van der Waals surface area contributed by atoms with Crippen LogP contribution in [0, 0.1) is 5.82 Å². The maximum atomic E-state index is 13.0. The van der Waals surface area contributed by atoms with Gasteiger partial charge in [0.05, 0.1) is 11.6 Å². The van der Waals surface area contributed by atoms with Gasteiger partial charge in [-0.15, -0.1) is 30.6 Å². The number of aliphatic imine (C=N–C) groups is 1. The standard InChI is InChI=1S/C13H17ClFN3.HI/c1-3-7-17-13(16-4-2)18-9-10-5-6-12(15)11(14)8-10;/h3,5-6,8H,1,4,7,9H2,2H3,(H2,16,17,18);1H. The maximum absolute atomic E-state index is 13.0. The van der Waals surface area contributed by atoms with Crippen LogP contribution in [-0.2, 0) is 6.54 Å². The molecule has 1 rings (SSSR count). The molecule has 0 bridgehead atoms. The third-order valence-corrected chi connectivity index (χ3v) is 2.45. The fraction of sp³-hybridized carbons (Fsp3) is 0.308. The number of hydrogen-bond acceptors (Lipinski definition) is 1. The average molecular weight is 398 g/mol. The normalized spacial score (nSPS) is 10.6. The van der Waals surface area contributed by atoms with Crippen LogP contribution in [0.3, 0.4) is 0 Å². The van der Waals surface area contributed by atoms with Crippen LogP contribution >= 0.6 is 35.6 Å². The van der Waals surface area contributed by atoms with Gasteiger partial charge in [-0.25, -0.2) is 9.38 Å². The monoisotopic (exact) mass is 397 g/mol. The molecule has 0 spiro atoms. The largest absolute Gasteiger partial charge is 0.357 e. The van der Waals surface area contributed by atoms with Gasteiger partial charge in [0.15, 0.2) is 5.96 Å². The quantitative estimate of drug-likeness (QED) is 0.346. The second kappa shape index (κ2) is 10.0. The molecule has 0 unspecified atom stereocenters. The molecule has 19 heavy (non-hydrogen) atoms. The van der Waals surface area contributed by atoms with Crippen molar-refractivity contribution in [3.8, 4) is 0 Å². The van der Waals surface area contributed by atoms with Gasteiger partial charge in [0.2, 0.25) is 0 Å². The van der Waals surface area contributed by atoms with E-state index in [1.54, 1.807) is 18.2 Å². The van der Waals surface area contributed by atoms with Crippen LogP contribution in [0.25, 0.3) is 0 Å². The zero-order valence-electron chi connectivity index (χ0n) is 10.7. The Morgan fingerprint density at radius 3 is 2.79 bits per heavy atom. The van der Waals surface area contributed by atoms with Gasteiger partial charge in [0, 0.05) is 13.1 Å². The molecular weight excluding hydrogens is 380 g/mol. The molecular formula is C13H18ClFIN3. The molecule has 0 atom stereocenters. The molecule has 0 saturated carbocycles. The lowest BCUT2D eigenvalue weighted by Gasteiger charge is -2.09. The highest BCUT2D eigenvalue weighted by Gasteiger charge is 2.01. The average Bonchev–Trinajstić information content (AvgIpc) is 2.37. The molecule has 3 nitrogen and oxygen atoms in total. The van der Waals surface area contributed by atoms with E-state index in [4.69, 9.17) is 11.6 Å². The highest BCUT2D eigenvalue weighted by Crippen LogP contribution is 2.16. The van der Waals surface area contributed by atoms with E-state index in [0.717, 1.165) is 12.1 Å². The first-order valence-corrected chi connectivity index (χ1v) is 6.12. The zero-order chi connectivity index (χ0) is 13.4. The highest BCUT2D eigenvalue weighted by molar-refractivity contribution is 14.0. The van der Waals surface area contributed by atoms with Crippen molar-refractivity contribution >= 4 is 41.5 Å². The summed E-state index contributed by atoms with van der Waals surface area (Å²) in [5, 5.41) is 6.30. The Labute approximate surface area is 135 Å². The minimum atomic E-state index is -0.416. The summed E-state index contributed by atoms with van der Waals surface area (Å²) in [6, 6.07) is 4.59. The molecule has 0 aromatic heterocycles. The lowest BCUT2D eigenvalue weighted by atomic mass is 10.2. The van der Waals surface area contributed by atoms with E-state index in [-0.39, 0.29) is 29.0 Å². The van der Waals surface area contributed by atoms with Gasteiger partial charge in [0.25, 0.3) is 0 Å². The SMILES string of the molecule is C=CCNC(=NCc1ccc(F)c(Cl)c1)NCC.I. The van der Waals surface area contributed by atoms with Gasteiger partial charge in [-0.3, -0.25) is 0 Å². The lowest BCUT2D eigenvalue weighted by molar-refractivity contribution is 0.627. The number of guanidine groups is 1. The number of halogens is 3. The summed E-state index contributed by atoms with van der Waals surface area (Å²) < 4.78 is 13.0. The Kier molecular flexibility index (Phi) is 9.59. The molecule has 2 N–H and O–H groups in total. The van der Waals surface area contributed by atoms with Gasteiger partial charge >= 0.3 is 0 Å². The maximum Gasteiger partial charge on any atom is 0.191 e. The summed E-state index contributed by atoms with van der Waals surface area (Å²) >= 11 is 5.71. The fourth-order valence-electron chi connectivity index (χ4n) is 1.32. The molecule has 6 heteroatoms. The van der Waals surface area contributed by atoms with Gasteiger partial charge in [0.1, 0.15) is 5.82 Å². The third-order valence-electron chi connectivity index (χ3n) is 2.16. The Hall–Kier alpha value is -0.820. The molecule has 0 aliphatic heterocycles. The molecule has 1 aromatic rings. The van der Waals surface area contributed by atoms with Crippen LogP contribution in [0.15, 0.2) is 35.8 Å². The predicted octanol–water partition coefficient (Wildman–Crippen LogP) is 3.34. The Balaban J connectivity index is 0.00000324. The van der Waals surface area contributed by atoms with E-state index >= 15 is 0 Å². The van der Waals surface area contributed by atoms with Gasteiger partial charge in [-0.2, -0.15) is 0 Å². The van der Waals surface area contributed by atoms with Crippen molar-refractivity contribution in [3.05, 3.63) is 47.3 Å². The van der Waals surface area contributed by atoms with Gasteiger partial charge in [-0.05, 0) is 24.6 Å². The van der Waals surface area contributed by atoms with E-state index in [1.165, 1.54) is 6.07 Å². The minimum absolute atomic E-state index is 0. The van der Waals surface area contributed by atoms with E-state index in [9.17, 15) is 4.39 Å². The first-order chi connectivity index (χ1) is 8.67. The number of nitrogens with one attached hydrogen (secondary N) is 2. The van der Waals surface area contributed by atoms with Crippen LogP contribution in [0.2, 0.25) is 5.02 Å². The van der Waals surface area contributed by atoms with E-state index in [1.807, 2.05) is 6.92 Å². The second-order valence-electron chi connectivity index (χ2n) is 3.61. The summed E-state index contributed by atoms with van der Waals surface area (Å²) in [4.78, 5) is 4.36.